The quantitative estimate of drug-likeness (QED) is 0.866. The minimum Gasteiger partial charge on any atom is -0.395 e. The Hall–Kier alpha value is -1.71. The molecule has 0 spiro atoms. The van der Waals surface area contributed by atoms with E-state index in [-0.39, 0.29) is 19.0 Å². The standard InChI is InChI=1S/C16H17FO2/c17-15-8-6-13(7-9-15)10-16(11-18,12-19)14-4-2-1-3-5-14/h1-9,18-19H,10-12H2. The van der Waals surface area contributed by atoms with Gasteiger partial charge >= 0.3 is 0 Å². The molecular formula is C16H17FO2. The summed E-state index contributed by atoms with van der Waals surface area (Å²) in [7, 11) is 0. The smallest absolute Gasteiger partial charge is 0.123 e. The first-order valence-corrected chi connectivity index (χ1v) is 6.22. The molecule has 0 aliphatic heterocycles. The summed E-state index contributed by atoms with van der Waals surface area (Å²) in [4.78, 5) is 0. The lowest BCUT2D eigenvalue weighted by Crippen LogP contribution is -2.37. The van der Waals surface area contributed by atoms with E-state index in [2.05, 4.69) is 0 Å². The van der Waals surface area contributed by atoms with Crippen LogP contribution in [0.1, 0.15) is 11.1 Å². The van der Waals surface area contributed by atoms with Crippen LogP contribution in [0.3, 0.4) is 0 Å². The maximum atomic E-state index is 12.9. The molecule has 0 radical (unpaired) electrons. The monoisotopic (exact) mass is 260 g/mol. The van der Waals surface area contributed by atoms with E-state index in [9.17, 15) is 14.6 Å². The number of hydrogen-bond donors (Lipinski definition) is 2. The van der Waals surface area contributed by atoms with Gasteiger partial charge in [-0.05, 0) is 29.7 Å². The van der Waals surface area contributed by atoms with Crippen LogP contribution in [0.5, 0.6) is 0 Å². The maximum Gasteiger partial charge on any atom is 0.123 e. The fourth-order valence-electron chi connectivity index (χ4n) is 2.23. The van der Waals surface area contributed by atoms with Crippen molar-refractivity contribution >= 4 is 0 Å². The van der Waals surface area contributed by atoms with Crippen molar-refractivity contribution in [2.24, 2.45) is 0 Å². The molecule has 100 valence electrons. The van der Waals surface area contributed by atoms with Crippen molar-refractivity contribution in [1.82, 2.24) is 0 Å². The number of aliphatic hydroxyl groups excluding tert-OH is 2. The number of rotatable bonds is 5. The zero-order valence-electron chi connectivity index (χ0n) is 10.6. The second kappa shape index (κ2) is 5.95. The lowest BCUT2D eigenvalue weighted by atomic mass is 9.77. The van der Waals surface area contributed by atoms with Gasteiger partial charge in [0.15, 0.2) is 0 Å². The normalized spacial score (nSPS) is 11.5. The van der Waals surface area contributed by atoms with E-state index < -0.39 is 5.41 Å². The molecule has 0 amide bonds. The van der Waals surface area contributed by atoms with Gasteiger partial charge in [0.1, 0.15) is 5.82 Å². The Labute approximate surface area is 112 Å². The first-order valence-electron chi connectivity index (χ1n) is 6.22. The third-order valence-electron chi connectivity index (χ3n) is 3.45. The molecule has 0 fully saturated rings. The molecule has 3 heteroatoms. The summed E-state index contributed by atoms with van der Waals surface area (Å²) in [6, 6.07) is 15.5. The minimum absolute atomic E-state index is 0.162. The highest BCUT2D eigenvalue weighted by Gasteiger charge is 2.31. The second-order valence-corrected chi connectivity index (χ2v) is 4.77. The molecule has 0 bridgehead atoms. The average molecular weight is 260 g/mol. The molecule has 0 saturated carbocycles. The zero-order chi connectivity index (χ0) is 13.7. The van der Waals surface area contributed by atoms with Crippen LogP contribution < -0.4 is 0 Å². The Balaban J connectivity index is 2.32. The van der Waals surface area contributed by atoms with Crippen molar-refractivity contribution in [1.29, 1.82) is 0 Å². The summed E-state index contributed by atoms with van der Waals surface area (Å²) in [5, 5.41) is 19.4. The van der Waals surface area contributed by atoms with Crippen LogP contribution in [0.4, 0.5) is 4.39 Å². The van der Waals surface area contributed by atoms with Gasteiger partial charge in [0, 0.05) is 5.41 Å². The van der Waals surface area contributed by atoms with Crippen molar-refractivity contribution in [2.75, 3.05) is 13.2 Å². The van der Waals surface area contributed by atoms with Gasteiger partial charge in [-0.15, -0.1) is 0 Å². The number of aliphatic hydroxyl groups is 2. The van der Waals surface area contributed by atoms with Crippen LogP contribution >= 0.6 is 0 Å². The highest BCUT2D eigenvalue weighted by atomic mass is 19.1. The summed E-state index contributed by atoms with van der Waals surface area (Å²) in [6.45, 7) is -0.324. The van der Waals surface area contributed by atoms with E-state index in [0.29, 0.717) is 6.42 Å². The van der Waals surface area contributed by atoms with Gasteiger partial charge in [-0.25, -0.2) is 4.39 Å². The van der Waals surface area contributed by atoms with E-state index in [1.54, 1.807) is 12.1 Å². The molecule has 2 nitrogen and oxygen atoms in total. The Bertz CT molecular complexity index is 504. The third kappa shape index (κ3) is 3.00. The summed E-state index contributed by atoms with van der Waals surface area (Å²) in [5.74, 6) is -0.290. The highest BCUT2D eigenvalue weighted by Crippen LogP contribution is 2.28. The van der Waals surface area contributed by atoms with E-state index in [1.807, 2.05) is 30.3 Å². The van der Waals surface area contributed by atoms with Crippen LogP contribution in [0.15, 0.2) is 54.6 Å². The first kappa shape index (κ1) is 13.7. The number of halogens is 1. The summed E-state index contributed by atoms with van der Waals surface area (Å²) >= 11 is 0. The van der Waals surface area contributed by atoms with E-state index in [4.69, 9.17) is 0 Å². The van der Waals surface area contributed by atoms with Crippen LogP contribution in [-0.2, 0) is 11.8 Å². The molecule has 0 atom stereocenters. The van der Waals surface area contributed by atoms with Crippen molar-refractivity contribution in [2.45, 2.75) is 11.8 Å². The second-order valence-electron chi connectivity index (χ2n) is 4.77. The zero-order valence-corrected chi connectivity index (χ0v) is 10.6. The SMILES string of the molecule is OCC(CO)(Cc1ccc(F)cc1)c1ccccc1. The predicted octanol–water partition coefficient (Wildman–Crippen LogP) is 2.29. The molecule has 0 saturated heterocycles. The fourth-order valence-corrected chi connectivity index (χ4v) is 2.23. The van der Waals surface area contributed by atoms with Gasteiger partial charge < -0.3 is 10.2 Å². The molecule has 2 N–H and O–H groups in total. The Kier molecular flexibility index (Phi) is 4.30. The van der Waals surface area contributed by atoms with E-state index >= 15 is 0 Å². The highest BCUT2D eigenvalue weighted by molar-refractivity contribution is 5.30. The summed E-state index contributed by atoms with van der Waals surface area (Å²) < 4.78 is 12.9. The van der Waals surface area contributed by atoms with E-state index in [0.717, 1.165) is 11.1 Å². The van der Waals surface area contributed by atoms with Crippen LogP contribution in [0, 0.1) is 5.82 Å². The summed E-state index contributed by atoms with van der Waals surface area (Å²) in [5.41, 5.74) is 1.02. The largest absolute Gasteiger partial charge is 0.395 e. The molecule has 0 aliphatic carbocycles. The van der Waals surface area contributed by atoms with Gasteiger partial charge in [0.25, 0.3) is 0 Å². The number of benzene rings is 2. The van der Waals surface area contributed by atoms with Crippen molar-refractivity contribution < 1.29 is 14.6 Å². The van der Waals surface area contributed by atoms with Crippen LogP contribution in [-0.4, -0.2) is 23.4 Å². The lowest BCUT2D eigenvalue weighted by Gasteiger charge is -2.30. The molecular weight excluding hydrogens is 243 g/mol. The summed E-state index contributed by atoms with van der Waals surface area (Å²) in [6.07, 6.45) is 0.463. The van der Waals surface area contributed by atoms with Crippen molar-refractivity contribution in [3.8, 4) is 0 Å². The predicted molar refractivity (Wildman–Crippen MR) is 72.4 cm³/mol. The molecule has 19 heavy (non-hydrogen) atoms. The lowest BCUT2D eigenvalue weighted by molar-refractivity contribution is 0.116. The Morgan fingerprint density at radius 3 is 1.95 bits per heavy atom. The molecule has 2 aromatic rings. The van der Waals surface area contributed by atoms with E-state index in [1.165, 1.54) is 12.1 Å². The van der Waals surface area contributed by atoms with Gasteiger partial charge in [-0.1, -0.05) is 42.5 Å². The Morgan fingerprint density at radius 1 is 0.842 bits per heavy atom. The Morgan fingerprint density at radius 2 is 1.42 bits per heavy atom. The van der Waals surface area contributed by atoms with Gasteiger partial charge in [-0.2, -0.15) is 0 Å². The average Bonchev–Trinajstić information content (AvgIpc) is 2.48. The van der Waals surface area contributed by atoms with Gasteiger partial charge in [-0.3, -0.25) is 0 Å². The van der Waals surface area contributed by atoms with Crippen molar-refractivity contribution in [3.63, 3.8) is 0 Å². The third-order valence-corrected chi connectivity index (χ3v) is 3.45. The molecule has 2 aromatic carbocycles. The van der Waals surface area contributed by atoms with Crippen LogP contribution in [0.2, 0.25) is 0 Å². The van der Waals surface area contributed by atoms with Gasteiger partial charge in [0.05, 0.1) is 13.2 Å². The minimum atomic E-state index is -0.737. The number of hydrogen-bond acceptors (Lipinski definition) is 2. The maximum absolute atomic E-state index is 12.9. The first-order chi connectivity index (χ1) is 9.20. The topological polar surface area (TPSA) is 40.5 Å². The molecule has 2 rings (SSSR count). The molecule has 0 aliphatic rings. The van der Waals surface area contributed by atoms with Crippen LogP contribution in [0.25, 0.3) is 0 Å². The van der Waals surface area contributed by atoms with Gasteiger partial charge in [0.2, 0.25) is 0 Å². The van der Waals surface area contributed by atoms with Crippen molar-refractivity contribution in [3.05, 3.63) is 71.5 Å². The molecule has 0 heterocycles. The molecule has 0 unspecified atom stereocenters. The molecule has 0 aromatic heterocycles. The fraction of sp³-hybridized carbons (Fsp3) is 0.250.